The zero-order valence-electron chi connectivity index (χ0n) is 11.3. The van der Waals surface area contributed by atoms with Crippen molar-refractivity contribution in [1.82, 2.24) is 0 Å². The van der Waals surface area contributed by atoms with Gasteiger partial charge in [-0.1, -0.05) is 37.3 Å². The second kappa shape index (κ2) is 7.48. The molecule has 2 atom stereocenters. The van der Waals surface area contributed by atoms with Crippen molar-refractivity contribution in [2.24, 2.45) is 4.99 Å². The van der Waals surface area contributed by atoms with Crippen molar-refractivity contribution in [1.29, 1.82) is 0 Å². The van der Waals surface area contributed by atoms with E-state index in [9.17, 15) is 0 Å². The summed E-state index contributed by atoms with van der Waals surface area (Å²) in [4.78, 5) is 4.75. The maximum atomic E-state index is 6.34. The Balaban J connectivity index is 2.56. The van der Waals surface area contributed by atoms with E-state index in [0.29, 0.717) is 12.1 Å². The number of hydrogen-bond donors (Lipinski definition) is 0. The molecule has 1 saturated carbocycles. The minimum atomic E-state index is -0.918. The monoisotopic (exact) mass is 239 g/mol. The molecule has 92 valence electrons. The molecule has 2 nitrogen and oxygen atoms in total. The summed E-state index contributed by atoms with van der Waals surface area (Å²) in [6, 6.07) is 0.451. The minimum Gasteiger partial charge on any atom is -0.497 e. The number of hydrogen-bond acceptors (Lipinski definition) is 2. The summed E-state index contributed by atoms with van der Waals surface area (Å²) >= 11 is -0.918. The lowest BCUT2D eigenvalue weighted by Crippen LogP contribution is -2.36. The zero-order valence-corrected chi connectivity index (χ0v) is 12.5. The molecule has 0 N–H and O–H groups in total. The van der Waals surface area contributed by atoms with Crippen molar-refractivity contribution in [2.45, 2.75) is 76.1 Å². The van der Waals surface area contributed by atoms with Crippen LogP contribution in [0.2, 0.25) is 10.6 Å². The van der Waals surface area contributed by atoms with Crippen molar-refractivity contribution in [3.8, 4) is 0 Å². The quantitative estimate of drug-likeness (QED) is 0.528. The first-order valence-corrected chi connectivity index (χ1v) is 8.94. The highest BCUT2D eigenvalue weighted by molar-refractivity contribution is 6.51. The van der Waals surface area contributed by atoms with Crippen molar-refractivity contribution in [3.63, 3.8) is 0 Å². The van der Waals surface area contributed by atoms with E-state index in [0.717, 1.165) is 0 Å². The number of rotatable bonds is 5. The van der Waals surface area contributed by atoms with Gasteiger partial charge in [-0.3, -0.25) is 4.99 Å². The third-order valence-corrected chi connectivity index (χ3v) is 5.93. The highest BCUT2D eigenvalue weighted by atomic mass is 27.2. The first kappa shape index (κ1) is 14.2. The molecule has 0 spiro atoms. The summed E-state index contributed by atoms with van der Waals surface area (Å²) < 4.78 is 6.34. The van der Waals surface area contributed by atoms with E-state index in [1.807, 2.05) is 0 Å². The van der Waals surface area contributed by atoms with Crippen LogP contribution in [0.15, 0.2) is 4.99 Å². The van der Waals surface area contributed by atoms with Gasteiger partial charge in [0.15, 0.2) is 0 Å². The van der Waals surface area contributed by atoms with E-state index in [1.54, 1.807) is 0 Å². The Labute approximate surface area is 105 Å². The zero-order chi connectivity index (χ0) is 12.0. The molecule has 2 unspecified atom stereocenters. The first-order valence-electron chi connectivity index (χ1n) is 6.83. The third-order valence-electron chi connectivity index (χ3n) is 3.37. The SMILES string of the molecule is C[CH2][Al]([CH2]C)[O]C1CCCCC1N=C(C)C. The fourth-order valence-corrected chi connectivity index (χ4v) is 4.22. The van der Waals surface area contributed by atoms with Gasteiger partial charge in [-0.05, 0) is 26.7 Å². The van der Waals surface area contributed by atoms with Gasteiger partial charge in [0, 0.05) is 11.8 Å². The van der Waals surface area contributed by atoms with Crippen LogP contribution in [0.3, 0.4) is 0 Å². The normalized spacial score (nSPS) is 25.2. The average Bonchev–Trinajstić information content (AvgIpc) is 2.27. The molecule has 1 fully saturated rings. The van der Waals surface area contributed by atoms with E-state index in [4.69, 9.17) is 8.78 Å². The maximum Gasteiger partial charge on any atom is 0.460 e. The molecule has 0 heterocycles. The molecule has 0 aromatic carbocycles. The Kier molecular flexibility index (Phi) is 6.65. The standard InChI is InChI=1S/C9H16NO.2C2H5.Al/c1-7(2)10-8-5-3-4-6-9(8)11;2*1-2;/h8-9H,3-6H2,1-2H3;2*1H2,2H3;/q-1;;;+1. The van der Waals surface area contributed by atoms with Gasteiger partial charge >= 0.3 is 14.5 Å². The Morgan fingerprint density at radius 1 is 1.19 bits per heavy atom. The lowest BCUT2D eigenvalue weighted by Gasteiger charge is -2.32. The van der Waals surface area contributed by atoms with E-state index >= 15 is 0 Å². The van der Waals surface area contributed by atoms with Crippen LogP contribution in [0.5, 0.6) is 0 Å². The molecule has 16 heavy (non-hydrogen) atoms. The third kappa shape index (κ3) is 4.57. The van der Waals surface area contributed by atoms with Crippen LogP contribution in [-0.4, -0.2) is 32.3 Å². The molecule has 3 heteroatoms. The average molecular weight is 239 g/mol. The summed E-state index contributed by atoms with van der Waals surface area (Å²) in [7, 11) is 0. The molecular formula is C13H26AlNO. The van der Waals surface area contributed by atoms with Gasteiger partial charge in [-0.15, -0.1) is 0 Å². The highest BCUT2D eigenvalue weighted by Crippen LogP contribution is 2.25. The van der Waals surface area contributed by atoms with Gasteiger partial charge in [-0.2, -0.15) is 0 Å². The molecular weight excluding hydrogens is 213 g/mol. The summed E-state index contributed by atoms with van der Waals surface area (Å²) in [6.07, 6.45) is 5.54. The second-order valence-corrected chi connectivity index (χ2v) is 8.19. The number of aliphatic imine (C=N–C) groups is 1. The molecule has 0 amide bonds. The fourth-order valence-electron chi connectivity index (χ4n) is 2.44. The largest absolute Gasteiger partial charge is 0.497 e. The molecule has 1 aliphatic rings. The van der Waals surface area contributed by atoms with E-state index in [-0.39, 0.29) is 0 Å². The Hall–Kier alpha value is 0.162. The van der Waals surface area contributed by atoms with Crippen LogP contribution in [0.25, 0.3) is 0 Å². The van der Waals surface area contributed by atoms with Crippen molar-refractivity contribution >= 4 is 20.2 Å². The van der Waals surface area contributed by atoms with Crippen molar-refractivity contribution in [3.05, 3.63) is 0 Å². The van der Waals surface area contributed by atoms with Gasteiger partial charge in [0.2, 0.25) is 0 Å². The lowest BCUT2D eigenvalue weighted by molar-refractivity contribution is 0.131. The second-order valence-electron chi connectivity index (χ2n) is 5.04. The van der Waals surface area contributed by atoms with Crippen molar-refractivity contribution in [2.75, 3.05) is 0 Å². The molecule has 1 aliphatic carbocycles. The molecule has 0 saturated heterocycles. The molecule has 0 aromatic heterocycles. The molecule has 0 aliphatic heterocycles. The Bertz CT molecular complexity index is 222. The summed E-state index contributed by atoms with van der Waals surface area (Å²) in [5, 5.41) is 2.52. The Morgan fingerprint density at radius 3 is 2.38 bits per heavy atom. The minimum absolute atomic E-state index is 0.431. The predicted octanol–water partition coefficient (Wildman–Crippen LogP) is 3.83. The van der Waals surface area contributed by atoms with Crippen LogP contribution in [0.4, 0.5) is 0 Å². The predicted molar refractivity (Wildman–Crippen MR) is 72.6 cm³/mol. The summed E-state index contributed by atoms with van der Waals surface area (Å²) in [5.41, 5.74) is 1.20. The van der Waals surface area contributed by atoms with Crippen LogP contribution in [0, 0.1) is 0 Å². The topological polar surface area (TPSA) is 21.6 Å². The van der Waals surface area contributed by atoms with Crippen molar-refractivity contribution < 1.29 is 3.79 Å². The Morgan fingerprint density at radius 2 is 1.81 bits per heavy atom. The molecule has 1 rings (SSSR count). The van der Waals surface area contributed by atoms with Crippen LogP contribution in [-0.2, 0) is 3.79 Å². The van der Waals surface area contributed by atoms with E-state index < -0.39 is 14.5 Å². The van der Waals surface area contributed by atoms with Gasteiger partial charge in [0.1, 0.15) is 0 Å². The van der Waals surface area contributed by atoms with Gasteiger partial charge in [0.25, 0.3) is 0 Å². The van der Waals surface area contributed by atoms with Crippen LogP contribution < -0.4 is 0 Å². The molecule has 0 aromatic rings. The van der Waals surface area contributed by atoms with Crippen LogP contribution in [0.1, 0.15) is 53.4 Å². The van der Waals surface area contributed by atoms with E-state index in [1.165, 1.54) is 42.0 Å². The van der Waals surface area contributed by atoms with E-state index in [2.05, 4.69) is 27.7 Å². The van der Waals surface area contributed by atoms with Crippen LogP contribution >= 0.6 is 0 Å². The number of nitrogens with zero attached hydrogens (tertiary/aromatic N) is 1. The molecule has 0 radical (unpaired) electrons. The highest BCUT2D eigenvalue weighted by Gasteiger charge is 2.28. The maximum absolute atomic E-state index is 6.34. The molecule has 0 bridgehead atoms. The van der Waals surface area contributed by atoms with Gasteiger partial charge in [0.05, 0.1) is 6.04 Å². The fraction of sp³-hybridized carbons (Fsp3) is 0.923. The first-order chi connectivity index (χ1) is 7.67. The van der Waals surface area contributed by atoms with Gasteiger partial charge < -0.3 is 3.79 Å². The smallest absolute Gasteiger partial charge is 0.460 e. The van der Waals surface area contributed by atoms with Gasteiger partial charge in [-0.25, -0.2) is 0 Å². The summed E-state index contributed by atoms with van der Waals surface area (Å²) in [5.74, 6) is 0. The summed E-state index contributed by atoms with van der Waals surface area (Å²) in [6.45, 7) is 8.74. The lowest BCUT2D eigenvalue weighted by atomic mass is 9.93.